The number of nitrogens with one attached hydrogen (secondary N) is 1. The number of allylic oxidation sites excluding steroid dienone is 3. The van der Waals surface area contributed by atoms with Crippen LogP contribution in [0, 0.1) is 0 Å². The Morgan fingerprint density at radius 3 is 2.02 bits per heavy atom. The van der Waals surface area contributed by atoms with Gasteiger partial charge in [0.15, 0.2) is 0 Å². The van der Waals surface area contributed by atoms with E-state index in [-0.39, 0.29) is 5.92 Å². The van der Waals surface area contributed by atoms with Gasteiger partial charge >= 0.3 is 0 Å². The Balaban J connectivity index is 0.000000343. The van der Waals surface area contributed by atoms with Crippen molar-refractivity contribution in [3.05, 3.63) is 174 Å². The Bertz CT molecular complexity index is 2320. The van der Waals surface area contributed by atoms with Gasteiger partial charge in [-0.25, -0.2) is 0 Å². The molecule has 0 aliphatic heterocycles. The molecule has 0 saturated heterocycles. The van der Waals surface area contributed by atoms with E-state index in [9.17, 15) is 0 Å². The second-order valence-corrected chi connectivity index (χ2v) is 12.9. The van der Waals surface area contributed by atoms with E-state index in [1.165, 1.54) is 60.8 Å². The van der Waals surface area contributed by atoms with Crippen molar-refractivity contribution in [2.45, 2.75) is 59.9 Å². The second kappa shape index (κ2) is 19.6. The van der Waals surface area contributed by atoms with Crippen molar-refractivity contribution in [3.8, 4) is 11.4 Å². The average Bonchev–Trinajstić information content (AvgIpc) is 3.76. The van der Waals surface area contributed by atoms with Crippen molar-refractivity contribution in [3.63, 3.8) is 0 Å². The third-order valence-electron chi connectivity index (χ3n) is 9.75. The van der Waals surface area contributed by atoms with E-state index in [4.69, 9.17) is 11.5 Å². The molecule has 0 bridgehead atoms. The van der Waals surface area contributed by atoms with Crippen LogP contribution in [0.25, 0.3) is 50.2 Å². The molecule has 278 valence electrons. The van der Waals surface area contributed by atoms with Gasteiger partial charge in [0.1, 0.15) is 0 Å². The van der Waals surface area contributed by atoms with E-state index >= 15 is 0 Å². The molecule has 5 aromatic carbocycles. The SMILES string of the molecule is C=C(/C=C\CN)C(C)c1ccc(-n2c3ccccc3c3cc(-n4c5c(c6ccccc64)C=CCC5)ccc32)cc1.CC.CC.NCNCc1ccccc1. The Labute approximate surface area is 322 Å². The minimum Gasteiger partial charge on any atom is -0.327 e. The van der Waals surface area contributed by atoms with Gasteiger partial charge in [0.2, 0.25) is 0 Å². The standard InChI is InChI=1S/C37H33N3.C8H12N2.2C2H6/c1-25(10-9-23-38)26(2)27-17-19-28(20-18-27)39-36-16-8-5-13-32(36)33-24-29(21-22-37(33)39)40-34-14-6-3-11-30(34)31-12-4-7-15-35(31)40;9-7-10-6-8-4-2-1-3-5-8;2*1-2/h3-6,8-14,16-22,24,26H,1,7,15,23,38H2,2H3;1-5,10H,6-7,9H2;2*1-2H3/b10-9-;;;. The number of hydrogen-bond donors (Lipinski definition) is 3. The van der Waals surface area contributed by atoms with Crippen LogP contribution in [-0.4, -0.2) is 22.3 Å². The lowest BCUT2D eigenvalue weighted by Crippen LogP contribution is -2.21. The molecule has 1 aliphatic carbocycles. The highest BCUT2D eigenvalue weighted by Crippen LogP contribution is 2.38. The van der Waals surface area contributed by atoms with Crippen LogP contribution in [0.4, 0.5) is 0 Å². The van der Waals surface area contributed by atoms with Crippen molar-refractivity contribution >= 4 is 38.8 Å². The van der Waals surface area contributed by atoms with Crippen LogP contribution in [0.2, 0.25) is 0 Å². The predicted octanol–water partition coefficient (Wildman–Crippen LogP) is 11.6. The molecule has 0 fully saturated rings. The number of benzene rings is 5. The first-order chi connectivity index (χ1) is 26.6. The van der Waals surface area contributed by atoms with Gasteiger partial charge in [-0.2, -0.15) is 0 Å². The summed E-state index contributed by atoms with van der Waals surface area (Å²) in [7, 11) is 0. The number of para-hydroxylation sites is 2. The highest BCUT2D eigenvalue weighted by atomic mass is 15.0. The molecule has 2 heterocycles. The van der Waals surface area contributed by atoms with Crippen LogP contribution < -0.4 is 16.8 Å². The molecule has 0 amide bonds. The van der Waals surface area contributed by atoms with Crippen LogP contribution in [-0.2, 0) is 13.0 Å². The first-order valence-corrected chi connectivity index (χ1v) is 19.5. The minimum absolute atomic E-state index is 0.231. The van der Waals surface area contributed by atoms with E-state index in [0.29, 0.717) is 13.2 Å². The van der Waals surface area contributed by atoms with Gasteiger partial charge in [0, 0.05) is 64.5 Å². The Hall–Kier alpha value is -5.46. The summed E-state index contributed by atoms with van der Waals surface area (Å²) in [5.74, 6) is 0.231. The molecule has 54 heavy (non-hydrogen) atoms. The fourth-order valence-electron chi connectivity index (χ4n) is 7.15. The molecule has 1 unspecified atom stereocenters. The first-order valence-electron chi connectivity index (χ1n) is 19.5. The van der Waals surface area contributed by atoms with Crippen LogP contribution in [0.15, 0.2) is 152 Å². The summed E-state index contributed by atoms with van der Waals surface area (Å²) in [6, 6.07) is 43.6. The van der Waals surface area contributed by atoms with Gasteiger partial charge < -0.3 is 25.9 Å². The van der Waals surface area contributed by atoms with Crippen LogP contribution in [0.5, 0.6) is 0 Å². The van der Waals surface area contributed by atoms with Crippen LogP contribution in [0.1, 0.15) is 69.3 Å². The summed E-state index contributed by atoms with van der Waals surface area (Å²) in [6.45, 7) is 16.4. The number of rotatable bonds is 9. The van der Waals surface area contributed by atoms with Gasteiger partial charge in [-0.1, -0.05) is 144 Å². The largest absolute Gasteiger partial charge is 0.327 e. The molecule has 5 heteroatoms. The number of nitrogens with zero attached hydrogens (tertiary/aromatic N) is 2. The number of fused-ring (bicyclic) bond motifs is 6. The zero-order chi connectivity index (χ0) is 38.5. The Morgan fingerprint density at radius 2 is 1.33 bits per heavy atom. The zero-order valence-corrected chi connectivity index (χ0v) is 32.7. The molecular weight excluding hydrogens is 659 g/mol. The number of hydrogen-bond acceptors (Lipinski definition) is 3. The lowest BCUT2D eigenvalue weighted by atomic mass is 9.93. The van der Waals surface area contributed by atoms with E-state index < -0.39 is 0 Å². The molecule has 0 radical (unpaired) electrons. The smallest absolute Gasteiger partial charge is 0.0542 e. The van der Waals surface area contributed by atoms with Gasteiger partial charge in [-0.15, -0.1) is 0 Å². The quantitative estimate of drug-likeness (QED) is 0.103. The number of aromatic nitrogens is 2. The molecule has 2 aromatic heterocycles. The fourth-order valence-corrected chi connectivity index (χ4v) is 7.15. The van der Waals surface area contributed by atoms with Crippen molar-refractivity contribution in [2.75, 3.05) is 13.2 Å². The summed E-state index contributed by atoms with van der Waals surface area (Å²) in [5, 5.41) is 6.90. The van der Waals surface area contributed by atoms with Crippen LogP contribution >= 0.6 is 0 Å². The topological polar surface area (TPSA) is 73.9 Å². The fraction of sp³-hybridized carbons (Fsp3) is 0.224. The third kappa shape index (κ3) is 8.50. The van der Waals surface area contributed by atoms with Crippen molar-refractivity contribution in [1.82, 2.24) is 14.5 Å². The third-order valence-corrected chi connectivity index (χ3v) is 9.75. The van der Waals surface area contributed by atoms with E-state index in [0.717, 1.165) is 30.6 Å². The maximum Gasteiger partial charge on any atom is 0.0542 e. The molecule has 7 aromatic rings. The Morgan fingerprint density at radius 1 is 0.722 bits per heavy atom. The van der Waals surface area contributed by atoms with Crippen molar-refractivity contribution in [2.24, 2.45) is 11.5 Å². The molecule has 0 spiro atoms. The van der Waals surface area contributed by atoms with E-state index in [1.807, 2.05) is 58.0 Å². The maximum atomic E-state index is 5.64. The zero-order valence-electron chi connectivity index (χ0n) is 32.7. The summed E-state index contributed by atoms with van der Waals surface area (Å²) >= 11 is 0. The first kappa shape index (κ1) is 39.7. The second-order valence-electron chi connectivity index (χ2n) is 12.9. The number of nitrogens with two attached hydrogens (primary N) is 2. The van der Waals surface area contributed by atoms with Crippen LogP contribution in [0.3, 0.4) is 0 Å². The summed E-state index contributed by atoms with van der Waals surface area (Å²) in [4.78, 5) is 0. The normalized spacial score (nSPS) is 12.4. The van der Waals surface area contributed by atoms with Crippen molar-refractivity contribution in [1.29, 1.82) is 0 Å². The van der Waals surface area contributed by atoms with E-state index in [1.54, 1.807) is 0 Å². The van der Waals surface area contributed by atoms with Gasteiger partial charge in [0.05, 0.1) is 16.6 Å². The molecular formula is C49H57N5. The molecule has 8 rings (SSSR count). The maximum absolute atomic E-state index is 5.64. The average molecular weight is 716 g/mol. The summed E-state index contributed by atoms with van der Waals surface area (Å²) < 4.78 is 4.86. The highest BCUT2D eigenvalue weighted by Gasteiger charge is 2.20. The van der Waals surface area contributed by atoms with Crippen molar-refractivity contribution < 1.29 is 0 Å². The molecule has 1 aliphatic rings. The van der Waals surface area contributed by atoms with Gasteiger partial charge in [-0.05, 0) is 72.0 Å². The monoisotopic (exact) mass is 715 g/mol. The Kier molecular flexibility index (Phi) is 14.4. The van der Waals surface area contributed by atoms with Gasteiger partial charge in [0.25, 0.3) is 0 Å². The van der Waals surface area contributed by atoms with E-state index in [2.05, 4.69) is 143 Å². The lowest BCUT2D eigenvalue weighted by Gasteiger charge is -2.15. The molecule has 5 N–H and O–H groups in total. The molecule has 5 nitrogen and oxygen atoms in total. The summed E-state index contributed by atoms with van der Waals surface area (Å²) in [5.41, 5.74) is 23.3. The van der Waals surface area contributed by atoms with Gasteiger partial charge in [-0.3, -0.25) is 0 Å². The molecule has 0 saturated carbocycles. The predicted molar refractivity (Wildman–Crippen MR) is 236 cm³/mol. The highest BCUT2D eigenvalue weighted by molar-refractivity contribution is 6.10. The lowest BCUT2D eigenvalue weighted by molar-refractivity contribution is 0.709. The minimum atomic E-state index is 0.231. The summed E-state index contributed by atoms with van der Waals surface area (Å²) in [6.07, 6.45) is 10.7. The molecule has 1 atom stereocenters.